The van der Waals surface area contributed by atoms with Gasteiger partial charge in [0, 0.05) is 12.8 Å². The molecule has 1 unspecified atom stereocenters. The molecule has 2 heterocycles. The molecule has 7 nitrogen and oxygen atoms in total. The second kappa shape index (κ2) is 5.48. The van der Waals surface area contributed by atoms with Crippen LogP contribution in [0.2, 0.25) is 0 Å². The Bertz CT molecular complexity index is 484. The average molecular weight is 268 g/mol. The molecule has 104 valence electrons. The number of aromatic nitrogens is 2. The van der Waals surface area contributed by atoms with Crippen LogP contribution in [0.25, 0.3) is 0 Å². The first-order valence-electron chi connectivity index (χ1n) is 6.16. The van der Waals surface area contributed by atoms with Crippen LogP contribution in [0.5, 0.6) is 0 Å². The maximum absolute atomic E-state index is 12.2. The first-order valence-corrected chi connectivity index (χ1v) is 6.16. The van der Waals surface area contributed by atoms with Crippen molar-refractivity contribution in [1.29, 1.82) is 0 Å². The summed E-state index contributed by atoms with van der Waals surface area (Å²) < 4.78 is 14.9. The van der Waals surface area contributed by atoms with E-state index in [4.69, 9.17) is 9.47 Å². The van der Waals surface area contributed by atoms with Crippen molar-refractivity contribution >= 4 is 11.8 Å². The van der Waals surface area contributed by atoms with Crippen molar-refractivity contribution in [2.24, 2.45) is 5.41 Å². The molecule has 0 radical (unpaired) electrons. The number of hydrogen-bond donors (Lipinski definition) is 0. The van der Waals surface area contributed by atoms with Crippen molar-refractivity contribution in [3.8, 4) is 0 Å². The van der Waals surface area contributed by atoms with E-state index in [0.29, 0.717) is 18.0 Å². The highest BCUT2D eigenvalue weighted by molar-refractivity contribution is 6.04. The minimum absolute atomic E-state index is 0.0109. The van der Waals surface area contributed by atoms with Crippen LogP contribution in [0, 0.1) is 12.3 Å². The minimum Gasteiger partial charge on any atom is -0.465 e. The van der Waals surface area contributed by atoms with Gasteiger partial charge in [-0.2, -0.15) is 0 Å². The van der Waals surface area contributed by atoms with Crippen LogP contribution in [0.1, 0.15) is 24.7 Å². The molecule has 2 rings (SSSR count). The Balaban J connectivity index is 2.31. The zero-order valence-corrected chi connectivity index (χ0v) is 11.0. The number of carbonyl (C=O) groups excluding carboxylic acids is 2. The summed E-state index contributed by atoms with van der Waals surface area (Å²) in [7, 11) is 0. The van der Waals surface area contributed by atoms with Crippen LogP contribution in [0.15, 0.2) is 4.63 Å². The van der Waals surface area contributed by atoms with Gasteiger partial charge in [0.2, 0.25) is 0 Å². The molecular weight excluding hydrogens is 252 g/mol. The topological polar surface area (TPSA) is 91.5 Å². The fourth-order valence-electron chi connectivity index (χ4n) is 2.09. The van der Waals surface area contributed by atoms with E-state index < -0.39 is 11.4 Å². The smallest absolute Gasteiger partial charge is 0.322 e. The lowest BCUT2D eigenvalue weighted by atomic mass is 9.77. The number of ketones is 1. The van der Waals surface area contributed by atoms with Gasteiger partial charge in [0.25, 0.3) is 0 Å². The summed E-state index contributed by atoms with van der Waals surface area (Å²) in [6, 6.07) is 0. The minimum atomic E-state index is -1.32. The lowest BCUT2D eigenvalue weighted by molar-refractivity contribution is -0.169. The number of ether oxygens (including phenoxy) is 2. The number of hydrogen-bond acceptors (Lipinski definition) is 7. The normalized spacial score (nSPS) is 23.4. The van der Waals surface area contributed by atoms with Gasteiger partial charge in [-0.1, -0.05) is 10.3 Å². The van der Waals surface area contributed by atoms with Crippen LogP contribution in [-0.2, 0) is 25.5 Å². The summed E-state index contributed by atoms with van der Waals surface area (Å²) in [6.07, 6.45) is 0.295. The molecule has 1 aromatic rings. The molecule has 1 aromatic heterocycles. The van der Waals surface area contributed by atoms with Gasteiger partial charge >= 0.3 is 5.97 Å². The van der Waals surface area contributed by atoms with Gasteiger partial charge < -0.3 is 9.47 Å². The summed E-state index contributed by atoms with van der Waals surface area (Å²) in [4.78, 5) is 24.4. The number of nitrogens with zero attached hydrogens (tertiary/aromatic N) is 2. The Hall–Kier alpha value is -1.76. The predicted molar refractivity (Wildman–Crippen MR) is 62.2 cm³/mol. The number of Topliss-reactive ketones (excluding diaryl/α,β-unsaturated/α-hetero) is 1. The lowest BCUT2D eigenvalue weighted by Crippen LogP contribution is -2.49. The summed E-state index contributed by atoms with van der Waals surface area (Å²) in [6.45, 7) is 3.96. The monoisotopic (exact) mass is 268 g/mol. The number of esters is 1. The van der Waals surface area contributed by atoms with E-state index in [-0.39, 0.29) is 31.8 Å². The molecule has 1 fully saturated rings. The van der Waals surface area contributed by atoms with Gasteiger partial charge in [-0.25, -0.2) is 4.63 Å². The Kier molecular flexibility index (Phi) is 3.94. The van der Waals surface area contributed by atoms with E-state index in [0.717, 1.165) is 0 Å². The van der Waals surface area contributed by atoms with Crippen molar-refractivity contribution in [3.05, 3.63) is 11.4 Å². The SMILES string of the molecule is CCOC(=O)C1(Cc2nonc2C)COCCC1=O. The molecule has 0 saturated carbocycles. The first kappa shape index (κ1) is 13.7. The van der Waals surface area contributed by atoms with Crippen LogP contribution in [0.3, 0.4) is 0 Å². The molecule has 0 aliphatic carbocycles. The van der Waals surface area contributed by atoms with Gasteiger partial charge in [0.1, 0.15) is 11.4 Å². The molecule has 19 heavy (non-hydrogen) atoms. The summed E-state index contributed by atoms with van der Waals surface area (Å²) in [5, 5.41) is 7.38. The van der Waals surface area contributed by atoms with Crippen molar-refractivity contribution < 1.29 is 23.7 Å². The third-order valence-corrected chi connectivity index (χ3v) is 3.24. The van der Waals surface area contributed by atoms with Gasteiger partial charge in [-0.3, -0.25) is 9.59 Å². The summed E-state index contributed by atoms with van der Waals surface area (Å²) in [5.41, 5.74) is -0.286. The third-order valence-electron chi connectivity index (χ3n) is 3.24. The lowest BCUT2D eigenvalue weighted by Gasteiger charge is -2.32. The molecule has 1 aliphatic rings. The fourth-order valence-corrected chi connectivity index (χ4v) is 2.09. The molecule has 0 bridgehead atoms. The van der Waals surface area contributed by atoms with Gasteiger partial charge in [-0.05, 0) is 13.8 Å². The van der Waals surface area contributed by atoms with Crippen molar-refractivity contribution in [1.82, 2.24) is 10.3 Å². The second-order valence-corrected chi connectivity index (χ2v) is 4.50. The van der Waals surface area contributed by atoms with E-state index >= 15 is 0 Å². The fraction of sp³-hybridized carbons (Fsp3) is 0.667. The van der Waals surface area contributed by atoms with Gasteiger partial charge in [0.15, 0.2) is 11.2 Å². The predicted octanol–water partition coefficient (Wildman–Crippen LogP) is 0.459. The highest BCUT2D eigenvalue weighted by atomic mass is 16.6. The maximum atomic E-state index is 12.2. The standard InChI is InChI=1S/C12H16N2O5/c1-3-18-11(16)12(7-17-5-4-10(12)15)6-9-8(2)13-19-14-9/h3-7H2,1-2H3. The van der Waals surface area contributed by atoms with Crippen LogP contribution in [0.4, 0.5) is 0 Å². The molecular formula is C12H16N2O5. The van der Waals surface area contributed by atoms with Crippen molar-refractivity contribution in [2.75, 3.05) is 19.8 Å². The Labute approximate surface area is 110 Å². The molecule has 0 spiro atoms. The largest absolute Gasteiger partial charge is 0.465 e. The van der Waals surface area contributed by atoms with Crippen LogP contribution < -0.4 is 0 Å². The molecule has 1 saturated heterocycles. The Morgan fingerprint density at radius 3 is 2.84 bits per heavy atom. The third kappa shape index (κ3) is 2.51. The quantitative estimate of drug-likeness (QED) is 0.578. The Morgan fingerprint density at radius 2 is 2.26 bits per heavy atom. The van der Waals surface area contributed by atoms with Crippen LogP contribution >= 0.6 is 0 Å². The average Bonchev–Trinajstić information content (AvgIpc) is 2.78. The molecule has 1 aliphatic heterocycles. The number of carbonyl (C=O) groups is 2. The highest BCUT2D eigenvalue weighted by Gasteiger charge is 2.50. The van der Waals surface area contributed by atoms with Crippen molar-refractivity contribution in [2.45, 2.75) is 26.7 Å². The summed E-state index contributed by atoms with van der Waals surface area (Å²) in [5.74, 6) is -0.748. The van der Waals surface area contributed by atoms with Gasteiger partial charge in [-0.15, -0.1) is 0 Å². The van der Waals surface area contributed by atoms with Crippen LogP contribution in [-0.4, -0.2) is 41.9 Å². The first-order chi connectivity index (χ1) is 9.10. The van der Waals surface area contributed by atoms with E-state index in [1.165, 1.54) is 0 Å². The molecule has 1 atom stereocenters. The molecule has 0 aromatic carbocycles. The molecule has 0 amide bonds. The zero-order chi connectivity index (χ0) is 13.9. The van der Waals surface area contributed by atoms with E-state index in [9.17, 15) is 9.59 Å². The Morgan fingerprint density at radius 1 is 1.47 bits per heavy atom. The van der Waals surface area contributed by atoms with E-state index in [2.05, 4.69) is 14.9 Å². The highest BCUT2D eigenvalue weighted by Crippen LogP contribution is 2.31. The van der Waals surface area contributed by atoms with E-state index in [1.807, 2.05) is 0 Å². The zero-order valence-electron chi connectivity index (χ0n) is 11.0. The molecule has 0 N–H and O–H groups in total. The van der Waals surface area contributed by atoms with E-state index in [1.54, 1.807) is 13.8 Å². The maximum Gasteiger partial charge on any atom is 0.322 e. The second-order valence-electron chi connectivity index (χ2n) is 4.50. The molecule has 7 heteroatoms. The van der Waals surface area contributed by atoms with Crippen molar-refractivity contribution in [3.63, 3.8) is 0 Å². The number of aryl methyl sites for hydroxylation is 1. The number of rotatable bonds is 4. The van der Waals surface area contributed by atoms with Gasteiger partial charge in [0.05, 0.1) is 19.8 Å². The summed E-state index contributed by atoms with van der Waals surface area (Å²) >= 11 is 0.